The molecule has 0 bridgehead atoms. The van der Waals surface area contributed by atoms with Crippen molar-refractivity contribution in [3.8, 4) is 11.5 Å². The van der Waals surface area contributed by atoms with Gasteiger partial charge in [-0.05, 0) is 36.2 Å². The second-order valence-corrected chi connectivity index (χ2v) is 5.27. The van der Waals surface area contributed by atoms with Gasteiger partial charge in [0.15, 0.2) is 0 Å². The van der Waals surface area contributed by atoms with Crippen molar-refractivity contribution in [1.82, 2.24) is 0 Å². The van der Waals surface area contributed by atoms with Gasteiger partial charge >= 0.3 is 0 Å². The summed E-state index contributed by atoms with van der Waals surface area (Å²) in [6.45, 7) is 1.72. The molecule has 0 amide bonds. The molecule has 1 heterocycles. The van der Waals surface area contributed by atoms with Gasteiger partial charge in [-0.15, -0.1) is 0 Å². The Labute approximate surface area is 122 Å². The molecule has 0 fully saturated rings. The Morgan fingerprint density at radius 2 is 2.05 bits per heavy atom. The summed E-state index contributed by atoms with van der Waals surface area (Å²) in [5.41, 5.74) is 2.06. The lowest BCUT2D eigenvalue weighted by atomic mass is 9.94. The number of ether oxygens (including phenoxy) is 2. The fraction of sp³-hybridized carbons (Fsp3) is 0.294. The number of fused-ring (bicyclic) bond motifs is 1. The molecule has 2 aromatic rings. The van der Waals surface area contributed by atoms with E-state index in [0.717, 1.165) is 11.1 Å². The minimum atomic E-state index is -0.631. The summed E-state index contributed by atoms with van der Waals surface area (Å²) in [6, 6.07) is 10.4. The summed E-state index contributed by atoms with van der Waals surface area (Å²) in [4.78, 5) is 0. The lowest BCUT2D eigenvalue weighted by molar-refractivity contribution is 0.0653. The van der Waals surface area contributed by atoms with Crippen molar-refractivity contribution in [2.75, 3.05) is 7.11 Å². The van der Waals surface area contributed by atoms with Gasteiger partial charge in [0, 0.05) is 18.1 Å². The van der Waals surface area contributed by atoms with E-state index in [2.05, 4.69) is 0 Å². The van der Waals surface area contributed by atoms with Crippen LogP contribution in [0, 0.1) is 12.7 Å². The molecule has 110 valence electrons. The van der Waals surface area contributed by atoms with Crippen LogP contribution in [0.4, 0.5) is 4.39 Å². The molecule has 0 spiro atoms. The summed E-state index contributed by atoms with van der Waals surface area (Å²) in [5.74, 6) is 0.984. The Morgan fingerprint density at radius 3 is 2.76 bits per heavy atom. The molecule has 1 unspecified atom stereocenters. The highest BCUT2D eigenvalue weighted by atomic mass is 19.1. The highest BCUT2D eigenvalue weighted by Crippen LogP contribution is 2.42. The van der Waals surface area contributed by atoms with Crippen LogP contribution in [0.15, 0.2) is 36.4 Å². The molecular weight excluding hydrogens is 271 g/mol. The van der Waals surface area contributed by atoms with Gasteiger partial charge in [-0.3, -0.25) is 0 Å². The lowest BCUT2D eigenvalue weighted by Crippen LogP contribution is -2.19. The first-order valence-electron chi connectivity index (χ1n) is 6.87. The van der Waals surface area contributed by atoms with E-state index in [1.165, 1.54) is 6.07 Å². The van der Waals surface area contributed by atoms with Crippen molar-refractivity contribution < 1.29 is 19.0 Å². The van der Waals surface area contributed by atoms with Gasteiger partial charge in [-0.25, -0.2) is 4.39 Å². The number of halogens is 1. The van der Waals surface area contributed by atoms with Crippen LogP contribution in [0.5, 0.6) is 11.5 Å². The van der Waals surface area contributed by atoms with Crippen LogP contribution in [-0.2, 0) is 0 Å². The van der Waals surface area contributed by atoms with Crippen molar-refractivity contribution in [3.05, 3.63) is 58.9 Å². The fourth-order valence-corrected chi connectivity index (χ4v) is 2.56. The zero-order valence-electron chi connectivity index (χ0n) is 12.0. The van der Waals surface area contributed by atoms with Gasteiger partial charge < -0.3 is 14.6 Å². The molecule has 3 rings (SSSR count). The van der Waals surface area contributed by atoms with E-state index < -0.39 is 6.10 Å². The second kappa shape index (κ2) is 5.37. The number of rotatable bonds is 2. The summed E-state index contributed by atoms with van der Waals surface area (Å²) >= 11 is 0. The summed E-state index contributed by atoms with van der Waals surface area (Å²) in [7, 11) is 1.58. The molecule has 0 saturated heterocycles. The highest BCUT2D eigenvalue weighted by Gasteiger charge is 2.28. The van der Waals surface area contributed by atoms with Crippen molar-refractivity contribution in [2.45, 2.75) is 25.6 Å². The predicted octanol–water partition coefficient (Wildman–Crippen LogP) is 3.70. The van der Waals surface area contributed by atoms with Gasteiger partial charge in [0.05, 0.1) is 13.2 Å². The van der Waals surface area contributed by atoms with Crippen molar-refractivity contribution in [1.29, 1.82) is 0 Å². The standard InChI is InChI=1S/C17H17FO3/c1-10-3-4-11(7-14(10)18)16-9-15(19)13-6-5-12(20-2)8-17(13)21-16/h3-8,15-16,19H,9H2,1-2H3/t15-,16?/m1/s1. The molecule has 1 N–H and O–H groups in total. The Hall–Kier alpha value is -2.07. The van der Waals surface area contributed by atoms with Gasteiger partial charge in [0.1, 0.15) is 23.4 Å². The van der Waals surface area contributed by atoms with Crippen LogP contribution < -0.4 is 9.47 Å². The summed E-state index contributed by atoms with van der Waals surface area (Å²) < 4.78 is 24.8. The quantitative estimate of drug-likeness (QED) is 0.915. The molecule has 2 atom stereocenters. The van der Waals surface area contributed by atoms with Crippen LogP contribution in [0.1, 0.15) is 35.3 Å². The Bertz CT molecular complexity index is 669. The molecule has 0 aliphatic carbocycles. The topological polar surface area (TPSA) is 38.7 Å². The van der Waals surface area contributed by atoms with Crippen LogP contribution >= 0.6 is 0 Å². The predicted molar refractivity (Wildman–Crippen MR) is 77.1 cm³/mol. The third-order valence-electron chi connectivity index (χ3n) is 3.85. The highest BCUT2D eigenvalue weighted by molar-refractivity contribution is 5.44. The second-order valence-electron chi connectivity index (χ2n) is 5.27. The smallest absolute Gasteiger partial charge is 0.129 e. The molecule has 1 aliphatic rings. The van der Waals surface area contributed by atoms with E-state index in [-0.39, 0.29) is 11.9 Å². The van der Waals surface area contributed by atoms with Crippen LogP contribution in [0.3, 0.4) is 0 Å². The van der Waals surface area contributed by atoms with Crippen LogP contribution in [0.2, 0.25) is 0 Å². The number of aliphatic hydroxyl groups excluding tert-OH is 1. The normalized spacial score (nSPS) is 20.6. The number of hydrogen-bond acceptors (Lipinski definition) is 3. The largest absolute Gasteiger partial charge is 0.497 e. The summed E-state index contributed by atoms with van der Waals surface area (Å²) in [6.07, 6.45) is -0.592. The minimum absolute atomic E-state index is 0.262. The van der Waals surface area contributed by atoms with Gasteiger partial charge in [-0.1, -0.05) is 12.1 Å². The maximum absolute atomic E-state index is 13.7. The molecular formula is C17H17FO3. The summed E-state index contributed by atoms with van der Waals surface area (Å²) in [5, 5.41) is 10.3. The van der Waals surface area contributed by atoms with E-state index in [4.69, 9.17) is 9.47 Å². The van der Waals surface area contributed by atoms with Crippen LogP contribution in [-0.4, -0.2) is 12.2 Å². The fourth-order valence-electron chi connectivity index (χ4n) is 2.56. The third-order valence-corrected chi connectivity index (χ3v) is 3.85. The number of hydrogen-bond donors (Lipinski definition) is 1. The lowest BCUT2D eigenvalue weighted by Gasteiger charge is -2.30. The average molecular weight is 288 g/mol. The molecule has 0 aromatic heterocycles. The first-order valence-corrected chi connectivity index (χ1v) is 6.87. The first kappa shape index (κ1) is 13.9. The SMILES string of the molecule is COc1ccc2c(c1)OC(c1ccc(C)c(F)c1)C[C@H]2O. The van der Waals surface area contributed by atoms with Gasteiger partial charge in [-0.2, -0.15) is 0 Å². The monoisotopic (exact) mass is 288 g/mol. The molecule has 3 nitrogen and oxygen atoms in total. The number of methoxy groups -OCH3 is 1. The Balaban J connectivity index is 1.94. The molecule has 4 heteroatoms. The molecule has 0 radical (unpaired) electrons. The van der Waals surface area contributed by atoms with Gasteiger partial charge in [0.25, 0.3) is 0 Å². The van der Waals surface area contributed by atoms with Gasteiger partial charge in [0.2, 0.25) is 0 Å². The maximum atomic E-state index is 13.7. The molecule has 1 aliphatic heterocycles. The van der Waals surface area contributed by atoms with E-state index in [9.17, 15) is 9.50 Å². The minimum Gasteiger partial charge on any atom is -0.497 e. The van der Waals surface area contributed by atoms with E-state index in [1.807, 2.05) is 6.07 Å². The van der Waals surface area contributed by atoms with E-state index in [1.54, 1.807) is 38.3 Å². The molecule has 0 saturated carbocycles. The number of aliphatic hydroxyl groups is 1. The van der Waals surface area contributed by atoms with Crippen molar-refractivity contribution in [3.63, 3.8) is 0 Å². The number of aryl methyl sites for hydroxylation is 1. The van der Waals surface area contributed by atoms with E-state index >= 15 is 0 Å². The zero-order valence-corrected chi connectivity index (χ0v) is 12.0. The number of benzene rings is 2. The Kier molecular flexibility index (Phi) is 3.55. The maximum Gasteiger partial charge on any atom is 0.129 e. The average Bonchev–Trinajstić information content (AvgIpc) is 2.49. The Morgan fingerprint density at radius 1 is 1.24 bits per heavy atom. The molecule has 2 aromatic carbocycles. The van der Waals surface area contributed by atoms with Crippen LogP contribution in [0.25, 0.3) is 0 Å². The molecule has 21 heavy (non-hydrogen) atoms. The van der Waals surface area contributed by atoms with Crippen molar-refractivity contribution >= 4 is 0 Å². The zero-order chi connectivity index (χ0) is 15.0. The third kappa shape index (κ3) is 2.59. The van der Waals surface area contributed by atoms with E-state index in [0.29, 0.717) is 23.5 Å². The van der Waals surface area contributed by atoms with Crippen molar-refractivity contribution in [2.24, 2.45) is 0 Å². The first-order chi connectivity index (χ1) is 10.1.